The van der Waals surface area contributed by atoms with Gasteiger partial charge in [-0.25, -0.2) is 17.8 Å². The molecule has 0 saturated carbocycles. The molecule has 11 nitrogen and oxygen atoms in total. The number of nitrogens with one attached hydrogen (secondary N) is 2. The SMILES string of the molecule is CCC[C@@H](NS(=O)(=O)c1cccc2nonc12)[C@H]1CN(C(=O)c2cn[nH]n2)C[C@H]1C. The van der Waals surface area contributed by atoms with Crippen LogP contribution >= 0.6 is 0 Å². The second kappa shape index (κ2) is 8.11. The van der Waals surface area contributed by atoms with Crippen molar-refractivity contribution >= 4 is 27.0 Å². The monoisotopic (exact) mass is 433 g/mol. The van der Waals surface area contributed by atoms with E-state index in [0.717, 1.165) is 6.42 Å². The Balaban J connectivity index is 1.56. The molecule has 2 N–H and O–H groups in total. The summed E-state index contributed by atoms with van der Waals surface area (Å²) in [5, 5.41) is 17.4. The van der Waals surface area contributed by atoms with Gasteiger partial charge in [-0.05, 0) is 40.7 Å². The summed E-state index contributed by atoms with van der Waals surface area (Å²) in [6.07, 6.45) is 2.83. The van der Waals surface area contributed by atoms with Crippen LogP contribution in [0.25, 0.3) is 11.0 Å². The highest BCUT2D eigenvalue weighted by Crippen LogP contribution is 2.30. The molecule has 2 aromatic heterocycles. The number of H-pyrrole nitrogens is 1. The van der Waals surface area contributed by atoms with Gasteiger partial charge in [0.05, 0.1) is 6.20 Å². The lowest BCUT2D eigenvalue weighted by molar-refractivity contribution is 0.0777. The van der Waals surface area contributed by atoms with Crippen LogP contribution in [0, 0.1) is 11.8 Å². The number of amides is 1. The number of aromatic nitrogens is 5. The zero-order valence-corrected chi connectivity index (χ0v) is 17.5. The molecule has 1 saturated heterocycles. The summed E-state index contributed by atoms with van der Waals surface area (Å²) >= 11 is 0. The third-order valence-electron chi connectivity index (χ3n) is 5.55. The van der Waals surface area contributed by atoms with E-state index in [1.165, 1.54) is 12.3 Å². The highest BCUT2D eigenvalue weighted by atomic mass is 32.2. The topological polar surface area (TPSA) is 147 Å². The highest BCUT2D eigenvalue weighted by molar-refractivity contribution is 7.89. The molecule has 1 aromatic carbocycles. The highest BCUT2D eigenvalue weighted by Gasteiger charge is 2.39. The smallest absolute Gasteiger partial charge is 0.276 e. The predicted octanol–water partition coefficient (Wildman–Crippen LogP) is 1.20. The number of hydrogen-bond donors (Lipinski definition) is 2. The predicted molar refractivity (Wildman–Crippen MR) is 106 cm³/mol. The molecule has 0 radical (unpaired) electrons. The van der Waals surface area contributed by atoms with Crippen LogP contribution in [0.2, 0.25) is 0 Å². The molecule has 3 heterocycles. The number of benzene rings is 1. The summed E-state index contributed by atoms with van der Waals surface area (Å²) in [7, 11) is -3.86. The van der Waals surface area contributed by atoms with Crippen molar-refractivity contribution in [2.45, 2.75) is 37.6 Å². The molecule has 1 fully saturated rings. The van der Waals surface area contributed by atoms with Gasteiger partial charge in [-0.2, -0.15) is 15.4 Å². The number of carbonyl (C=O) groups excluding carboxylic acids is 1. The Hall–Kier alpha value is -2.86. The minimum Gasteiger partial charge on any atom is -0.337 e. The average Bonchev–Trinajstić information content (AvgIpc) is 3.47. The third kappa shape index (κ3) is 3.79. The van der Waals surface area contributed by atoms with Gasteiger partial charge in [-0.3, -0.25) is 4.79 Å². The minimum absolute atomic E-state index is 0.0310. The zero-order valence-electron chi connectivity index (χ0n) is 16.6. The first kappa shape index (κ1) is 20.4. The summed E-state index contributed by atoms with van der Waals surface area (Å²) in [6, 6.07) is 4.39. The fourth-order valence-corrected chi connectivity index (χ4v) is 5.55. The molecule has 0 aliphatic carbocycles. The van der Waals surface area contributed by atoms with E-state index in [4.69, 9.17) is 4.63 Å². The number of fused-ring (bicyclic) bond motifs is 1. The molecular formula is C18H23N7O4S. The van der Waals surface area contributed by atoms with E-state index < -0.39 is 10.0 Å². The van der Waals surface area contributed by atoms with Crippen LogP contribution in [0.4, 0.5) is 0 Å². The normalized spacial score (nSPS) is 20.7. The molecule has 160 valence electrons. The summed E-state index contributed by atoms with van der Waals surface area (Å²) in [4.78, 5) is 14.4. The molecular weight excluding hydrogens is 410 g/mol. The van der Waals surface area contributed by atoms with Gasteiger partial charge in [-0.15, -0.1) is 0 Å². The van der Waals surface area contributed by atoms with Crippen molar-refractivity contribution in [3.8, 4) is 0 Å². The van der Waals surface area contributed by atoms with Gasteiger partial charge in [0, 0.05) is 19.1 Å². The van der Waals surface area contributed by atoms with Gasteiger partial charge in [0.15, 0.2) is 11.2 Å². The second-order valence-electron chi connectivity index (χ2n) is 7.61. The molecule has 1 aliphatic heterocycles. The fraction of sp³-hybridized carbons (Fsp3) is 0.500. The standard InChI is InChI=1S/C18H23N7O4S/c1-3-5-13(12-10-25(9-11(12)2)18(26)15-8-19-24-20-15)23-30(27,28)16-7-4-6-14-17(16)22-29-21-14/h4,6-8,11-13,23H,3,5,9-10H2,1-2H3,(H,19,20,24)/t11-,12+,13-/m1/s1. The quantitative estimate of drug-likeness (QED) is 0.565. The fourth-order valence-electron chi connectivity index (χ4n) is 4.08. The second-order valence-corrected chi connectivity index (χ2v) is 9.29. The number of nitrogens with zero attached hydrogens (tertiary/aromatic N) is 5. The lowest BCUT2D eigenvalue weighted by atomic mass is 9.88. The van der Waals surface area contributed by atoms with Crippen molar-refractivity contribution in [1.82, 2.24) is 35.3 Å². The van der Waals surface area contributed by atoms with Crippen molar-refractivity contribution in [1.29, 1.82) is 0 Å². The molecule has 1 aliphatic rings. The largest absolute Gasteiger partial charge is 0.337 e. The van der Waals surface area contributed by atoms with Crippen LogP contribution in [-0.4, -0.2) is 64.1 Å². The maximum absolute atomic E-state index is 13.2. The van der Waals surface area contributed by atoms with Crippen LogP contribution in [0.1, 0.15) is 37.2 Å². The van der Waals surface area contributed by atoms with Crippen molar-refractivity contribution in [2.75, 3.05) is 13.1 Å². The molecule has 1 amide bonds. The van der Waals surface area contributed by atoms with Gasteiger partial charge < -0.3 is 4.90 Å². The van der Waals surface area contributed by atoms with Crippen molar-refractivity contribution in [3.05, 3.63) is 30.1 Å². The van der Waals surface area contributed by atoms with Crippen LogP contribution in [0.5, 0.6) is 0 Å². The average molecular weight is 433 g/mol. The molecule has 12 heteroatoms. The van der Waals surface area contributed by atoms with Gasteiger partial charge in [0.2, 0.25) is 10.0 Å². The molecule has 3 atom stereocenters. The van der Waals surface area contributed by atoms with Crippen LogP contribution in [0.3, 0.4) is 0 Å². The minimum atomic E-state index is -3.86. The Morgan fingerprint density at radius 2 is 2.20 bits per heavy atom. The Labute approximate surface area is 173 Å². The zero-order chi connectivity index (χ0) is 21.3. The number of likely N-dealkylation sites (tertiary alicyclic amines) is 1. The molecule has 30 heavy (non-hydrogen) atoms. The van der Waals surface area contributed by atoms with Gasteiger partial charge in [-0.1, -0.05) is 26.3 Å². The first-order valence-corrected chi connectivity index (χ1v) is 11.3. The van der Waals surface area contributed by atoms with E-state index in [-0.39, 0.29) is 39.9 Å². The number of carbonyl (C=O) groups is 1. The van der Waals surface area contributed by atoms with Crippen molar-refractivity contribution in [2.24, 2.45) is 11.8 Å². The first-order chi connectivity index (χ1) is 14.4. The maximum atomic E-state index is 13.2. The number of sulfonamides is 1. The first-order valence-electron chi connectivity index (χ1n) is 9.79. The number of hydrogen-bond acceptors (Lipinski definition) is 8. The van der Waals surface area contributed by atoms with Gasteiger partial charge in [0.1, 0.15) is 10.4 Å². The summed E-state index contributed by atoms with van der Waals surface area (Å²) < 4.78 is 33.9. The van der Waals surface area contributed by atoms with E-state index >= 15 is 0 Å². The number of aromatic amines is 1. The summed E-state index contributed by atoms with van der Waals surface area (Å²) in [6.45, 7) is 5.00. The van der Waals surface area contributed by atoms with E-state index in [9.17, 15) is 13.2 Å². The Morgan fingerprint density at radius 1 is 1.37 bits per heavy atom. The van der Waals surface area contributed by atoms with Crippen LogP contribution in [-0.2, 0) is 10.0 Å². The Bertz CT molecular complexity index is 1130. The summed E-state index contributed by atoms with van der Waals surface area (Å²) in [5.74, 6) is -0.135. The molecule has 0 bridgehead atoms. The van der Waals surface area contributed by atoms with Crippen molar-refractivity contribution in [3.63, 3.8) is 0 Å². The third-order valence-corrected chi connectivity index (χ3v) is 7.07. The van der Waals surface area contributed by atoms with E-state index in [2.05, 4.69) is 30.4 Å². The van der Waals surface area contributed by atoms with E-state index in [0.29, 0.717) is 25.0 Å². The van der Waals surface area contributed by atoms with Crippen molar-refractivity contribution < 1.29 is 17.8 Å². The molecule has 3 aromatic rings. The molecule has 0 spiro atoms. The van der Waals surface area contributed by atoms with Gasteiger partial charge in [0.25, 0.3) is 5.91 Å². The van der Waals surface area contributed by atoms with E-state index in [1.807, 2.05) is 13.8 Å². The molecule has 4 rings (SSSR count). The van der Waals surface area contributed by atoms with E-state index in [1.54, 1.807) is 17.0 Å². The number of rotatable bonds is 7. The molecule has 0 unspecified atom stereocenters. The Morgan fingerprint density at radius 3 is 2.93 bits per heavy atom. The summed E-state index contributed by atoms with van der Waals surface area (Å²) in [5.41, 5.74) is 0.826. The lowest BCUT2D eigenvalue weighted by Crippen LogP contribution is -2.43. The maximum Gasteiger partial charge on any atom is 0.276 e. The Kier molecular flexibility index (Phi) is 5.52. The van der Waals surface area contributed by atoms with Crippen LogP contribution < -0.4 is 4.72 Å². The van der Waals surface area contributed by atoms with Gasteiger partial charge >= 0.3 is 0 Å². The van der Waals surface area contributed by atoms with Crippen LogP contribution in [0.15, 0.2) is 33.9 Å². The lowest BCUT2D eigenvalue weighted by Gasteiger charge is -2.27.